The molecule has 0 aliphatic carbocycles. The predicted octanol–water partition coefficient (Wildman–Crippen LogP) is -0.521. The van der Waals surface area contributed by atoms with Gasteiger partial charge in [0.25, 0.3) is 19.3 Å². The lowest BCUT2D eigenvalue weighted by Gasteiger charge is -2.26. The number of carbonyl (C=O) groups is 2. The van der Waals surface area contributed by atoms with E-state index in [0.717, 1.165) is 19.2 Å². The fourth-order valence-electron chi connectivity index (χ4n) is 1.51. The maximum absolute atomic E-state index is 11.9. The van der Waals surface area contributed by atoms with Gasteiger partial charge in [-0.2, -0.15) is 0 Å². The number of nitrogens with zero attached hydrogens (tertiary/aromatic N) is 2. The summed E-state index contributed by atoms with van der Waals surface area (Å²) in [5.74, 6) is -0.935. The van der Waals surface area contributed by atoms with Crippen molar-refractivity contribution in [2.75, 3.05) is 28.2 Å². The van der Waals surface area contributed by atoms with Gasteiger partial charge in [-0.05, 0) is 0 Å². The first-order chi connectivity index (χ1) is 8.82. The zero-order valence-corrected chi connectivity index (χ0v) is 12.5. The molecule has 7 heteroatoms. The molecule has 6 nitrogen and oxygen atoms in total. The van der Waals surface area contributed by atoms with Gasteiger partial charge < -0.3 is 19.6 Å². The van der Waals surface area contributed by atoms with E-state index in [9.17, 15) is 14.7 Å². The zero-order valence-electron chi connectivity index (χ0n) is 12.5. The Morgan fingerprint density at radius 1 is 1.16 bits per heavy atom. The number of hydrogen-bond acceptors (Lipinski definition) is 4. The van der Waals surface area contributed by atoms with Crippen molar-refractivity contribution in [1.29, 1.82) is 0 Å². The van der Waals surface area contributed by atoms with Crippen LogP contribution in [0.3, 0.4) is 0 Å². The van der Waals surface area contributed by atoms with Gasteiger partial charge in [-0.15, -0.1) is 0 Å². The highest BCUT2D eigenvalue weighted by Crippen LogP contribution is 2.07. The Kier molecular flexibility index (Phi) is 8.42. The maximum atomic E-state index is 11.9. The highest BCUT2D eigenvalue weighted by molar-refractivity contribution is 6.27. The van der Waals surface area contributed by atoms with Crippen LogP contribution >= 0.6 is 0 Å². The molecule has 0 radical (unpaired) electrons. The van der Waals surface area contributed by atoms with Gasteiger partial charge in [-0.3, -0.25) is 9.59 Å². The summed E-state index contributed by atoms with van der Waals surface area (Å²) in [5, 5.41) is 9.96. The summed E-state index contributed by atoms with van der Waals surface area (Å²) in [6.45, 7) is 2.06. The minimum absolute atomic E-state index is 0.357. The fraction of sp³-hybridized carbons (Fsp3) is 0.833. The van der Waals surface area contributed by atoms with Crippen LogP contribution in [0, 0.1) is 0 Å². The SMILES string of the molecule is CCCCBO[C@H](C(=O)N(C)C)[C@H](O)C(=O)N(C)C. The molecule has 0 aromatic rings. The molecule has 0 aliphatic rings. The highest BCUT2D eigenvalue weighted by atomic mass is 16.5. The maximum Gasteiger partial charge on any atom is 0.276 e. The molecule has 0 unspecified atom stereocenters. The van der Waals surface area contributed by atoms with Crippen LogP contribution in [-0.2, 0) is 14.2 Å². The van der Waals surface area contributed by atoms with E-state index < -0.39 is 24.0 Å². The second-order valence-corrected chi connectivity index (χ2v) is 4.91. The van der Waals surface area contributed by atoms with Crippen LogP contribution in [-0.4, -0.2) is 74.6 Å². The van der Waals surface area contributed by atoms with E-state index in [1.807, 2.05) is 0 Å². The molecule has 0 bridgehead atoms. The third-order valence-corrected chi connectivity index (χ3v) is 2.71. The molecule has 1 N–H and O–H groups in total. The molecule has 2 amide bonds. The average Bonchev–Trinajstić information content (AvgIpc) is 2.36. The molecule has 0 aliphatic heterocycles. The number of hydrogen-bond donors (Lipinski definition) is 1. The first-order valence-corrected chi connectivity index (χ1v) is 6.54. The van der Waals surface area contributed by atoms with Gasteiger partial charge in [0, 0.05) is 28.2 Å². The Morgan fingerprint density at radius 2 is 1.68 bits per heavy atom. The Labute approximate surface area is 116 Å². The summed E-state index contributed by atoms with van der Waals surface area (Å²) in [6.07, 6.45) is 0.222. The summed E-state index contributed by atoms with van der Waals surface area (Å²) in [7, 11) is 6.55. The lowest BCUT2D eigenvalue weighted by atomic mass is 9.91. The topological polar surface area (TPSA) is 70.1 Å². The number of amides is 2. The molecule has 2 atom stereocenters. The van der Waals surface area contributed by atoms with Crippen LogP contribution in [0.25, 0.3) is 0 Å². The summed E-state index contributed by atoms with van der Waals surface area (Å²) in [6, 6.07) is 0. The van der Waals surface area contributed by atoms with Gasteiger partial charge in [0.05, 0.1) is 0 Å². The molecule has 0 spiro atoms. The molecule has 0 aromatic heterocycles. The largest absolute Gasteiger partial charge is 0.426 e. The van der Waals surface area contributed by atoms with Crippen LogP contribution in [0.5, 0.6) is 0 Å². The van der Waals surface area contributed by atoms with Crippen LogP contribution in [0.1, 0.15) is 19.8 Å². The minimum Gasteiger partial charge on any atom is -0.426 e. The normalized spacial score (nSPS) is 13.6. The molecule has 110 valence electrons. The van der Waals surface area contributed by atoms with E-state index in [1.165, 1.54) is 23.9 Å². The van der Waals surface area contributed by atoms with Crippen molar-refractivity contribution < 1.29 is 19.3 Å². The van der Waals surface area contributed by atoms with Crippen molar-refractivity contribution in [3.63, 3.8) is 0 Å². The van der Waals surface area contributed by atoms with Gasteiger partial charge in [-0.25, -0.2) is 0 Å². The first-order valence-electron chi connectivity index (χ1n) is 6.54. The monoisotopic (exact) mass is 272 g/mol. The van der Waals surface area contributed by atoms with E-state index in [2.05, 4.69) is 6.92 Å². The quantitative estimate of drug-likeness (QED) is 0.477. The molecular weight excluding hydrogens is 247 g/mol. The average molecular weight is 272 g/mol. The minimum atomic E-state index is -1.47. The van der Waals surface area contributed by atoms with Gasteiger partial charge in [0.1, 0.15) is 0 Å². The Hall–Kier alpha value is -1.08. The van der Waals surface area contributed by atoms with Crippen molar-refractivity contribution in [1.82, 2.24) is 9.80 Å². The summed E-state index contributed by atoms with van der Waals surface area (Å²) in [5.41, 5.74) is 0. The molecule has 0 rings (SSSR count). The molecule has 19 heavy (non-hydrogen) atoms. The second-order valence-electron chi connectivity index (χ2n) is 4.91. The number of unbranched alkanes of at least 4 members (excludes halogenated alkanes) is 1. The molecule has 0 fully saturated rings. The molecule has 0 saturated heterocycles. The van der Waals surface area contributed by atoms with Gasteiger partial charge in [-0.1, -0.05) is 26.1 Å². The highest BCUT2D eigenvalue weighted by Gasteiger charge is 2.34. The summed E-state index contributed by atoms with van der Waals surface area (Å²) >= 11 is 0. The lowest BCUT2D eigenvalue weighted by Crippen LogP contribution is -2.50. The lowest BCUT2D eigenvalue weighted by molar-refractivity contribution is -0.153. The van der Waals surface area contributed by atoms with E-state index in [4.69, 9.17) is 4.65 Å². The molecule has 0 saturated carbocycles. The first kappa shape index (κ1) is 17.9. The van der Waals surface area contributed by atoms with Gasteiger partial charge in [0.15, 0.2) is 12.2 Å². The van der Waals surface area contributed by atoms with Gasteiger partial charge >= 0.3 is 0 Å². The summed E-state index contributed by atoms with van der Waals surface area (Å²) < 4.78 is 5.41. The number of aliphatic hydroxyl groups excluding tert-OH is 1. The number of aliphatic hydroxyl groups is 1. The van der Waals surface area contributed by atoms with Crippen molar-refractivity contribution >= 4 is 19.3 Å². The third kappa shape index (κ3) is 6.07. The van der Waals surface area contributed by atoms with Crippen LogP contribution in [0.4, 0.5) is 0 Å². The van der Waals surface area contributed by atoms with E-state index in [-0.39, 0.29) is 0 Å². The Morgan fingerprint density at radius 3 is 2.11 bits per heavy atom. The summed E-state index contributed by atoms with van der Waals surface area (Å²) in [4.78, 5) is 26.2. The van der Waals surface area contributed by atoms with Crippen molar-refractivity contribution in [3.8, 4) is 0 Å². The number of likely N-dealkylation sites (N-methyl/N-ethyl adjacent to an activating group) is 2. The fourth-order valence-corrected chi connectivity index (χ4v) is 1.51. The third-order valence-electron chi connectivity index (χ3n) is 2.71. The smallest absolute Gasteiger partial charge is 0.276 e. The van der Waals surface area contributed by atoms with Crippen molar-refractivity contribution in [2.24, 2.45) is 0 Å². The van der Waals surface area contributed by atoms with Gasteiger partial charge in [0.2, 0.25) is 0 Å². The molecular formula is C12H25BN2O4. The molecule has 0 aromatic carbocycles. The predicted molar refractivity (Wildman–Crippen MR) is 75.1 cm³/mol. The van der Waals surface area contributed by atoms with Crippen LogP contribution in [0.15, 0.2) is 0 Å². The molecule has 0 heterocycles. The Balaban J connectivity index is 4.66. The standard InChI is InChI=1S/C12H25BN2O4/c1-6-7-8-13-19-10(12(18)15(4)5)9(16)11(17)14(2)3/h9-10,13,16H,6-8H2,1-5H3/t9-,10-/m0/s1. The number of rotatable bonds is 8. The zero-order chi connectivity index (χ0) is 15.0. The van der Waals surface area contributed by atoms with E-state index in [1.54, 1.807) is 14.1 Å². The van der Waals surface area contributed by atoms with Crippen molar-refractivity contribution in [2.45, 2.75) is 38.3 Å². The van der Waals surface area contributed by atoms with Crippen LogP contribution in [0.2, 0.25) is 6.32 Å². The number of carbonyl (C=O) groups excluding carboxylic acids is 2. The van der Waals surface area contributed by atoms with E-state index >= 15 is 0 Å². The van der Waals surface area contributed by atoms with E-state index in [0.29, 0.717) is 7.48 Å². The second kappa shape index (κ2) is 8.93. The van der Waals surface area contributed by atoms with Crippen molar-refractivity contribution in [3.05, 3.63) is 0 Å². The Bertz CT molecular complexity index is 297. The van der Waals surface area contributed by atoms with Crippen LogP contribution < -0.4 is 0 Å².